The number of hydrogen-bond acceptors (Lipinski definition) is 5. The zero-order valence-corrected chi connectivity index (χ0v) is 14.1. The van der Waals surface area contributed by atoms with E-state index < -0.39 is 5.60 Å². The molecule has 0 amide bonds. The first-order valence-corrected chi connectivity index (χ1v) is 8.31. The molecule has 1 fully saturated rings. The highest BCUT2D eigenvalue weighted by atomic mass is 16.5. The molecule has 2 heterocycles. The Morgan fingerprint density at radius 1 is 1.33 bits per heavy atom. The summed E-state index contributed by atoms with van der Waals surface area (Å²) in [7, 11) is 1.67. The van der Waals surface area contributed by atoms with E-state index in [0.29, 0.717) is 19.5 Å². The summed E-state index contributed by atoms with van der Waals surface area (Å²) in [6.07, 6.45) is 5.25. The lowest BCUT2D eigenvalue weighted by atomic mass is 9.93. The monoisotopic (exact) mass is 331 g/mol. The molecule has 0 bridgehead atoms. The Bertz CT molecular complexity index is 660. The van der Waals surface area contributed by atoms with Crippen molar-refractivity contribution in [1.29, 1.82) is 0 Å². The first-order chi connectivity index (χ1) is 11.6. The Balaban J connectivity index is 1.74. The van der Waals surface area contributed by atoms with Gasteiger partial charge in [-0.2, -0.15) is 5.10 Å². The number of aliphatic hydroxyl groups excluding tert-OH is 1. The maximum atomic E-state index is 10.3. The van der Waals surface area contributed by atoms with Crippen LogP contribution < -0.4 is 4.74 Å². The fourth-order valence-electron chi connectivity index (χ4n) is 3.35. The average Bonchev–Trinajstić information content (AvgIpc) is 3.08. The molecule has 0 spiro atoms. The van der Waals surface area contributed by atoms with E-state index in [9.17, 15) is 10.2 Å². The van der Waals surface area contributed by atoms with Crippen molar-refractivity contribution >= 4 is 0 Å². The number of benzene rings is 1. The summed E-state index contributed by atoms with van der Waals surface area (Å²) in [6.45, 7) is 2.66. The lowest BCUT2D eigenvalue weighted by molar-refractivity contribution is -0.0687. The second kappa shape index (κ2) is 7.34. The summed E-state index contributed by atoms with van der Waals surface area (Å²) < 4.78 is 7.33. The minimum Gasteiger partial charge on any atom is -0.496 e. The molecule has 0 aliphatic carbocycles. The van der Waals surface area contributed by atoms with Gasteiger partial charge >= 0.3 is 0 Å². The van der Waals surface area contributed by atoms with Crippen molar-refractivity contribution in [3.63, 3.8) is 0 Å². The molecule has 3 rings (SSSR count). The number of rotatable bonds is 6. The number of ether oxygens (including phenoxy) is 1. The molecule has 24 heavy (non-hydrogen) atoms. The van der Waals surface area contributed by atoms with Gasteiger partial charge < -0.3 is 14.9 Å². The molecule has 0 unspecified atom stereocenters. The van der Waals surface area contributed by atoms with E-state index in [0.717, 1.165) is 30.8 Å². The number of aliphatic hydroxyl groups is 2. The Labute approximate surface area is 142 Å². The molecule has 1 aliphatic heterocycles. The summed E-state index contributed by atoms with van der Waals surface area (Å²) >= 11 is 0. The van der Waals surface area contributed by atoms with Gasteiger partial charge in [0.05, 0.1) is 20.3 Å². The molecule has 1 aromatic heterocycles. The van der Waals surface area contributed by atoms with Gasteiger partial charge in [-0.3, -0.25) is 9.58 Å². The van der Waals surface area contributed by atoms with Crippen molar-refractivity contribution in [2.45, 2.75) is 31.5 Å². The number of aromatic nitrogens is 2. The van der Waals surface area contributed by atoms with Gasteiger partial charge in [-0.25, -0.2) is 0 Å². The molecule has 2 N–H and O–H groups in total. The van der Waals surface area contributed by atoms with E-state index in [1.54, 1.807) is 13.3 Å². The molecule has 0 radical (unpaired) electrons. The van der Waals surface area contributed by atoms with Crippen LogP contribution in [0, 0.1) is 0 Å². The topological polar surface area (TPSA) is 70.8 Å². The molecule has 0 saturated carbocycles. The number of nitrogens with zero attached hydrogens (tertiary/aromatic N) is 3. The van der Waals surface area contributed by atoms with Crippen LogP contribution in [0.4, 0.5) is 0 Å². The molecule has 1 aromatic carbocycles. The molecule has 1 atom stereocenters. The highest BCUT2D eigenvalue weighted by molar-refractivity contribution is 5.37. The lowest BCUT2D eigenvalue weighted by Crippen LogP contribution is -2.50. The van der Waals surface area contributed by atoms with E-state index >= 15 is 0 Å². The number of hydrogen-bond donors (Lipinski definition) is 2. The van der Waals surface area contributed by atoms with Crippen molar-refractivity contribution in [2.24, 2.45) is 0 Å². The zero-order chi connectivity index (χ0) is 17.0. The maximum Gasteiger partial charge on any atom is 0.123 e. The summed E-state index contributed by atoms with van der Waals surface area (Å²) in [5, 5.41) is 24.0. The fraction of sp³-hybridized carbons (Fsp3) is 0.500. The molecular weight excluding hydrogens is 306 g/mol. The number of β-amino-alcohol motifs (C(OH)–C–C–N with tert-alkyl or cyclic N) is 1. The Kier molecular flexibility index (Phi) is 5.18. The van der Waals surface area contributed by atoms with Gasteiger partial charge in [0.2, 0.25) is 0 Å². The van der Waals surface area contributed by atoms with Crippen LogP contribution >= 0.6 is 0 Å². The maximum absolute atomic E-state index is 10.3. The van der Waals surface area contributed by atoms with E-state index in [1.807, 2.05) is 23.0 Å². The minimum atomic E-state index is -0.970. The van der Waals surface area contributed by atoms with Crippen LogP contribution in [0.1, 0.15) is 24.0 Å². The third-order valence-electron chi connectivity index (χ3n) is 4.57. The van der Waals surface area contributed by atoms with Crippen molar-refractivity contribution in [3.05, 3.63) is 47.8 Å². The molecule has 1 saturated heterocycles. The molecular formula is C18H25N3O3. The Morgan fingerprint density at radius 3 is 2.92 bits per heavy atom. The van der Waals surface area contributed by atoms with Crippen molar-refractivity contribution < 1.29 is 14.9 Å². The van der Waals surface area contributed by atoms with Gasteiger partial charge in [0.25, 0.3) is 0 Å². The lowest BCUT2D eigenvalue weighted by Gasteiger charge is -2.38. The summed E-state index contributed by atoms with van der Waals surface area (Å²) in [5.41, 5.74) is 1.27. The van der Waals surface area contributed by atoms with Crippen LogP contribution in [0.5, 0.6) is 5.75 Å². The quantitative estimate of drug-likeness (QED) is 0.834. The summed E-state index contributed by atoms with van der Waals surface area (Å²) in [5.74, 6) is 0.847. The van der Waals surface area contributed by atoms with Crippen LogP contribution in [0.15, 0.2) is 36.7 Å². The van der Waals surface area contributed by atoms with Gasteiger partial charge in [0.15, 0.2) is 0 Å². The van der Waals surface area contributed by atoms with Crippen molar-refractivity contribution in [2.75, 3.05) is 26.8 Å². The third kappa shape index (κ3) is 3.95. The zero-order valence-electron chi connectivity index (χ0n) is 14.1. The third-order valence-corrected chi connectivity index (χ3v) is 4.57. The normalized spacial score (nSPS) is 21.8. The largest absolute Gasteiger partial charge is 0.496 e. The standard InChI is InChI=1S/C18H25N3O3/c1-24-17-5-4-15(10-16(17)12-21-9-3-7-19-21)11-20-8-2-6-18(23,13-20)14-22/h3-5,7,9-10,22-23H,2,6,8,11-14H2,1H3/t18-/m0/s1. The minimum absolute atomic E-state index is 0.184. The number of likely N-dealkylation sites (tertiary alicyclic amines) is 1. The van der Waals surface area contributed by atoms with Crippen molar-refractivity contribution in [3.8, 4) is 5.75 Å². The van der Waals surface area contributed by atoms with Gasteiger partial charge in [-0.15, -0.1) is 0 Å². The van der Waals surface area contributed by atoms with Gasteiger partial charge in [0, 0.05) is 31.0 Å². The van der Waals surface area contributed by atoms with Crippen LogP contribution in [0.3, 0.4) is 0 Å². The first-order valence-electron chi connectivity index (χ1n) is 8.31. The van der Waals surface area contributed by atoms with E-state index in [1.165, 1.54) is 5.56 Å². The summed E-state index contributed by atoms with van der Waals surface area (Å²) in [6, 6.07) is 8.07. The van der Waals surface area contributed by atoms with Gasteiger partial charge in [0.1, 0.15) is 11.4 Å². The van der Waals surface area contributed by atoms with E-state index in [4.69, 9.17) is 4.74 Å². The Morgan fingerprint density at radius 2 is 2.21 bits per heavy atom. The fourth-order valence-corrected chi connectivity index (χ4v) is 3.35. The second-order valence-corrected chi connectivity index (χ2v) is 6.55. The van der Waals surface area contributed by atoms with Gasteiger partial charge in [-0.05, 0) is 43.1 Å². The van der Waals surface area contributed by atoms with Crippen LogP contribution in [0.2, 0.25) is 0 Å². The average molecular weight is 331 g/mol. The number of piperidine rings is 1. The Hall–Kier alpha value is -1.89. The predicted octanol–water partition coefficient (Wildman–Crippen LogP) is 1.26. The van der Waals surface area contributed by atoms with Gasteiger partial charge in [-0.1, -0.05) is 6.07 Å². The molecule has 6 heteroatoms. The summed E-state index contributed by atoms with van der Waals surface area (Å²) in [4.78, 5) is 2.19. The van der Waals surface area contributed by atoms with Crippen LogP contribution in [-0.2, 0) is 13.1 Å². The predicted molar refractivity (Wildman–Crippen MR) is 90.9 cm³/mol. The molecule has 130 valence electrons. The van der Waals surface area contributed by atoms with Crippen molar-refractivity contribution in [1.82, 2.24) is 14.7 Å². The molecule has 1 aliphatic rings. The first kappa shape index (κ1) is 17.0. The van der Waals surface area contributed by atoms with E-state index in [-0.39, 0.29) is 6.61 Å². The highest BCUT2D eigenvalue weighted by Crippen LogP contribution is 2.25. The SMILES string of the molecule is COc1ccc(CN2CCC[C@@](O)(CO)C2)cc1Cn1cccn1. The number of methoxy groups -OCH3 is 1. The molecule has 2 aromatic rings. The smallest absolute Gasteiger partial charge is 0.123 e. The van der Waals surface area contributed by atoms with Crippen LogP contribution in [-0.4, -0.2) is 57.3 Å². The molecule has 6 nitrogen and oxygen atoms in total. The highest BCUT2D eigenvalue weighted by Gasteiger charge is 2.32. The second-order valence-electron chi connectivity index (χ2n) is 6.55. The van der Waals surface area contributed by atoms with E-state index in [2.05, 4.69) is 22.1 Å². The van der Waals surface area contributed by atoms with Crippen LogP contribution in [0.25, 0.3) is 0 Å².